The SMILES string of the molecule is CC1CCCCC1NC(=O)C(C)N1CCC(CCCO)CC1. The van der Waals surface area contributed by atoms with E-state index >= 15 is 0 Å². The monoisotopic (exact) mass is 310 g/mol. The Hall–Kier alpha value is -0.610. The van der Waals surface area contributed by atoms with Gasteiger partial charge in [0.15, 0.2) is 0 Å². The minimum atomic E-state index is -0.00656. The van der Waals surface area contributed by atoms with Crippen molar-refractivity contribution in [1.82, 2.24) is 10.2 Å². The molecule has 3 unspecified atom stereocenters. The van der Waals surface area contributed by atoms with E-state index in [1.165, 1.54) is 19.3 Å². The van der Waals surface area contributed by atoms with Crippen molar-refractivity contribution in [3.05, 3.63) is 0 Å². The third-order valence-electron chi connectivity index (χ3n) is 5.79. The van der Waals surface area contributed by atoms with Crippen LogP contribution in [0.15, 0.2) is 0 Å². The molecule has 0 aromatic heterocycles. The molecule has 4 nitrogen and oxygen atoms in total. The van der Waals surface area contributed by atoms with Crippen molar-refractivity contribution in [2.24, 2.45) is 11.8 Å². The normalized spacial score (nSPS) is 29.2. The molecule has 0 aromatic carbocycles. The summed E-state index contributed by atoms with van der Waals surface area (Å²) in [4.78, 5) is 14.9. The number of piperidine rings is 1. The second kappa shape index (κ2) is 8.88. The predicted octanol–water partition coefficient (Wildman–Crippen LogP) is 2.55. The van der Waals surface area contributed by atoms with Crippen LogP contribution in [-0.4, -0.2) is 47.7 Å². The van der Waals surface area contributed by atoms with Crippen molar-refractivity contribution in [1.29, 1.82) is 0 Å². The van der Waals surface area contributed by atoms with Crippen LogP contribution in [0, 0.1) is 11.8 Å². The Labute approximate surface area is 135 Å². The number of hydrogen-bond donors (Lipinski definition) is 2. The number of likely N-dealkylation sites (tertiary alicyclic amines) is 1. The van der Waals surface area contributed by atoms with Gasteiger partial charge in [-0.3, -0.25) is 9.69 Å². The molecule has 2 N–H and O–H groups in total. The standard InChI is InChI=1S/C18H34N2O2/c1-14-6-3-4-8-17(14)19-18(22)15(2)20-11-9-16(10-12-20)7-5-13-21/h14-17,21H,3-13H2,1-2H3,(H,19,22). The van der Waals surface area contributed by atoms with Crippen molar-refractivity contribution >= 4 is 5.91 Å². The van der Waals surface area contributed by atoms with Gasteiger partial charge in [0.1, 0.15) is 0 Å². The highest BCUT2D eigenvalue weighted by molar-refractivity contribution is 5.81. The van der Waals surface area contributed by atoms with Crippen LogP contribution in [0.4, 0.5) is 0 Å². The van der Waals surface area contributed by atoms with E-state index in [-0.39, 0.29) is 11.9 Å². The quantitative estimate of drug-likeness (QED) is 0.793. The number of carbonyl (C=O) groups excluding carboxylic acids is 1. The lowest BCUT2D eigenvalue weighted by atomic mass is 9.85. The Balaban J connectivity index is 1.74. The highest BCUT2D eigenvalue weighted by Gasteiger charge is 2.29. The van der Waals surface area contributed by atoms with E-state index in [9.17, 15) is 4.79 Å². The number of rotatable bonds is 6. The lowest BCUT2D eigenvalue weighted by molar-refractivity contribution is -0.127. The smallest absolute Gasteiger partial charge is 0.237 e. The summed E-state index contributed by atoms with van der Waals surface area (Å²) >= 11 is 0. The molecule has 128 valence electrons. The number of amides is 1. The van der Waals surface area contributed by atoms with E-state index in [2.05, 4.69) is 24.1 Å². The van der Waals surface area contributed by atoms with E-state index < -0.39 is 0 Å². The summed E-state index contributed by atoms with van der Waals surface area (Å²) in [6.07, 6.45) is 9.32. The van der Waals surface area contributed by atoms with Gasteiger partial charge < -0.3 is 10.4 Å². The Kier molecular flexibility index (Phi) is 7.16. The third kappa shape index (κ3) is 4.95. The molecule has 0 radical (unpaired) electrons. The fourth-order valence-corrected chi connectivity index (χ4v) is 4.01. The van der Waals surface area contributed by atoms with Crippen molar-refractivity contribution in [3.8, 4) is 0 Å². The minimum absolute atomic E-state index is 0.00656. The molecular weight excluding hydrogens is 276 g/mol. The molecular formula is C18H34N2O2. The molecule has 1 saturated heterocycles. The van der Waals surface area contributed by atoms with Crippen molar-refractivity contribution < 1.29 is 9.90 Å². The highest BCUT2D eigenvalue weighted by Crippen LogP contribution is 2.25. The molecule has 2 fully saturated rings. The van der Waals surface area contributed by atoms with Gasteiger partial charge in [0.2, 0.25) is 5.91 Å². The largest absolute Gasteiger partial charge is 0.396 e. The summed E-state index contributed by atoms with van der Waals surface area (Å²) < 4.78 is 0. The molecule has 1 saturated carbocycles. The molecule has 0 aromatic rings. The summed E-state index contributed by atoms with van der Waals surface area (Å²) in [6, 6.07) is 0.374. The zero-order valence-electron chi connectivity index (χ0n) is 14.4. The average molecular weight is 310 g/mol. The van der Waals surface area contributed by atoms with E-state index in [1.54, 1.807) is 0 Å². The topological polar surface area (TPSA) is 52.6 Å². The third-order valence-corrected chi connectivity index (χ3v) is 5.79. The molecule has 1 amide bonds. The molecule has 0 spiro atoms. The predicted molar refractivity (Wildman–Crippen MR) is 89.6 cm³/mol. The molecule has 0 bridgehead atoms. The van der Waals surface area contributed by atoms with Gasteiger partial charge in [0, 0.05) is 12.6 Å². The van der Waals surface area contributed by atoms with Gasteiger partial charge in [-0.1, -0.05) is 19.8 Å². The van der Waals surface area contributed by atoms with Crippen LogP contribution in [0.5, 0.6) is 0 Å². The maximum Gasteiger partial charge on any atom is 0.237 e. The number of hydrogen-bond acceptors (Lipinski definition) is 3. The first kappa shape index (κ1) is 17.7. The average Bonchev–Trinajstić information content (AvgIpc) is 2.55. The summed E-state index contributed by atoms with van der Waals surface area (Å²) in [7, 11) is 0. The molecule has 2 aliphatic rings. The zero-order valence-corrected chi connectivity index (χ0v) is 14.4. The fourth-order valence-electron chi connectivity index (χ4n) is 4.01. The minimum Gasteiger partial charge on any atom is -0.396 e. The maximum absolute atomic E-state index is 12.5. The van der Waals surface area contributed by atoms with Gasteiger partial charge in [0.25, 0.3) is 0 Å². The van der Waals surface area contributed by atoms with Gasteiger partial charge in [-0.25, -0.2) is 0 Å². The Morgan fingerprint density at radius 3 is 2.55 bits per heavy atom. The lowest BCUT2D eigenvalue weighted by Gasteiger charge is -2.37. The Bertz CT molecular complexity index is 340. The first-order valence-electron chi connectivity index (χ1n) is 9.27. The second-order valence-corrected chi connectivity index (χ2v) is 7.40. The molecule has 1 aliphatic carbocycles. The first-order chi connectivity index (χ1) is 10.6. The van der Waals surface area contributed by atoms with Gasteiger partial charge in [0.05, 0.1) is 6.04 Å². The molecule has 1 heterocycles. The van der Waals surface area contributed by atoms with Crippen LogP contribution in [-0.2, 0) is 4.79 Å². The summed E-state index contributed by atoms with van der Waals surface area (Å²) in [5.41, 5.74) is 0. The van der Waals surface area contributed by atoms with Crippen molar-refractivity contribution in [3.63, 3.8) is 0 Å². The van der Waals surface area contributed by atoms with Crippen LogP contribution in [0.25, 0.3) is 0 Å². The van der Waals surface area contributed by atoms with Gasteiger partial charge in [-0.15, -0.1) is 0 Å². The van der Waals surface area contributed by atoms with Crippen molar-refractivity contribution in [2.45, 2.75) is 77.3 Å². The van der Waals surface area contributed by atoms with Crippen LogP contribution in [0.3, 0.4) is 0 Å². The van der Waals surface area contributed by atoms with Crippen LogP contribution in [0.2, 0.25) is 0 Å². The van der Waals surface area contributed by atoms with E-state index in [1.807, 2.05) is 0 Å². The summed E-state index contributed by atoms with van der Waals surface area (Å²) in [6.45, 7) is 6.66. The van der Waals surface area contributed by atoms with Crippen LogP contribution >= 0.6 is 0 Å². The van der Waals surface area contributed by atoms with Gasteiger partial charge in [-0.05, 0) is 70.4 Å². The lowest BCUT2D eigenvalue weighted by Crippen LogP contribution is -2.52. The Morgan fingerprint density at radius 2 is 1.91 bits per heavy atom. The first-order valence-corrected chi connectivity index (χ1v) is 9.27. The fraction of sp³-hybridized carbons (Fsp3) is 0.944. The maximum atomic E-state index is 12.5. The number of carbonyl (C=O) groups is 1. The molecule has 3 atom stereocenters. The van der Waals surface area contributed by atoms with E-state index in [4.69, 9.17) is 5.11 Å². The Morgan fingerprint density at radius 1 is 1.23 bits per heavy atom. The summed E-state index contributed by atoms with van der Waals surface area (Å²) in [5.74, 6) is 1.57. The number of aliphatic hydroxyl groups excluding tert-OH is 1. The number of nitrogens with one attached hydrogen (secondary N) is 1. The van der Waals surface area contributed by atoms with Crippen LogP contribution < -0.4 is 5.32 Å². The van der Waals surface area contributed by atoms with Crippen LogP contribution in [0.1, 0.15) is 65.2 Å². The van der Waals surface area contributed by atoms with Gasteiger partial charge >= 0.3 is 0 Å². The van der Waals surface area contributed by atoms with Gasteiger partial charge in [-0.2, -0.15) is 0 Å². The number of nitrogens with zero attached hydrogens (tertiary/aromatic N) is 1. The zero-order chi connectivity index (χ0) is 15.9. The number of aliphatic hydroxyl groups is 1. The summed E-state index contributed by atoms with van der Waals surface area (Å²) in [5, 5.41) is 12.2. The van der Waals surface area contributed by atoms with E-state index in [0.29, 0.717) is 18.6 Å². The van der Waals surface area contributed by atoms with Crippen molar-refractivity contribution in [2.75, 3.05) is 19.7 Å². The molecule has 4 heteroatoms. The van der Waals surface area contributed by atoms with E-state index in [0.717, 1.165) is 51.1 Å². The molecule has 22 heavy (non-hydrogen) atoms. The molecule has 1 aliphatic heterocycles. The second-order valence-electron chi connectivity index (χ2n) is 7.40. The molecule has 2 rings (SSSR count). The highest BCUT2D eigenvalue weighted by atomic mass is 16.2.